The molecule has 0 fully saturated rings. The Morgan fingerprint density at radius 2 is 1.75 bits per heavy atom. The van der Waals surface area contributed by atoms with Gasteiger partial charge in [0.15, 0.2) is 17.8 Å². The summed E-state index contributed by atoms with van der Waals surface area (Å²) in [6.45, 7) is 0. The fourth-order valence-electron chi connectivity index (χ4n) is 1.76. The smallest absolute Gasteiger partial charge is 0.168 e. The van der Waals surface area contributed by atoms with Gasteiger partial charge in [-0.3, -0.25) is 4.79 Å². The standard InChI is InChI=1S/C16H13ClO3/c1-20-15-9-12(8-13(10-18)16(15)19)3-2-11-4-6-14(17)7-5-11/h2-10,19H,1H3/b3-2+. The van der Waals surface area contributed by atoms with E-state index in [1.54, 1.807) is 24.3 Å². The van der Waals surface area contributed by atoms with E-state index in [-0.39, 0.29) is 17.1 Å². The number of aromatic hydroxyl groups is 1. The van der Waals surface area contributed by atoms with Crippen LogP contribution in [0.5, 0.6) is 11.5 Å². The first-order valence-corrected chi connectivity index (χ1v) is 6.31. The van der Waals surface area contributed by atoms with E-state index in [1.165, 1.54) is 7.11 Å². The molecule has 2 aromatic rings. The topological polar surface area (TPSA) is 46.5 Å². The second-order valence-corrected chi connectivity index (χ2v) is 4.60. The highest BCUT2D eigenvalue weighted by molar-refractivity contribution is 6.30. The van der Waals surface area contributed by atoms with Gasteiger partial charge < -0.3 is 9.84 Å². The van der Waals surface area contributed by atoms with Crippen molar-refractivity contribution in [3.05, 3.63) is 58.1 Å². The molecule has 2 rings (SSSR count). The minimum Gasteiger partial charge on any atom is -0.504 e. The van der Waals surface area contributed by atoms with Crippen molar-refractivity contribution in [1.29, 1.82) is 0 Å². The van der Waals surface area contributed by atoms with Crippen molar-refractivity contribution in [2.75, 3.05) is 7.11 Å². The molecule has 0 unspecified atom stereocenters. The van der Waals surface area contributed by atoms with Gasteiger partial charge >= 0.3 is 0 Å². The fraction of sp³-hybridized carbons (Fsp3) is 0.0625. The van der Waals surface area contributed by atoms with Crippen molar-refractivity contribution in [1.82, 2.24) is 0 Å². The Kier molecular flexibility index (Phi) is 4.43. The largest absolute Gasteiger partial charge is 0.504 e. The molecule has 0 radical (unpaired) electrons. The van der Waals surface area contributed by atoms with Crippen molar-refractivity contribution in [3.63, 3.8) is 0 Å². The lowest BCUT2D eigenvalue weighted by Gasteiger charge is -2.06. The van der Waals surface area contributed by atoms with Crippen LogP contribution in [0.1, 0.15) is 21.5 Å². The van der Waals surface area contributed by atoms with Crippen LogP contribution in [0.4, 0.5) is 0 Å². The molecule has 0 spiro atoms. The molecule has 0 aliphatic carbocycles. The predicted molar refractivity (Wildman–Crippen MR) is 80.4 cm³/mol. The molecule has 0 saturated heterocycles. The second kappa shape index (κ2) is 6.26. The average Bonchev–Trinajstić information content (AvgIpc) is 2.47. The third kappa shape index (κ3) is 3.19. The third-order valence-corrected chi connectivity index (χ3v) is 3.06. The van der Waals surface area contributed by atoms with E-state index >= 15 is 0 Å². The molecule has 0 heterocycles. The van der Waals surface area contributed by atoms with Crippen LogP contribution in [0.15, 0.2) is 36.4 Å². The maximum absolute atomic E-state index is 10.9. The number of carbonyl (C=O) groups excluding carboxylic acids is 1. The molecule has 2 aromatic carbocycles. The van der Waals surface area contributed by atoms with E-state index in [0.29, 0.717) is 11.3 Å². The highest BCUT2D eigenvalue weighted by Crippen LogP contribution is 2.31. The molecule has 0 bridgehead atoms. The minimum absolute atomic E-state index is 0.147. The molecule has 0 aliphatic rings. The number of benzene rings is 2. The number of aldehydes is 1. The number of halogens is 1. The molecule has 0 aromatic heterocycles. The Balaban J connectivity index is 2.33. The van der Waals surface area contributed by atoms with Gasteiger partial charge in [-0.2, -0.15) is 0 Å². The van der Waals surface area contributed by atoms with Crippen molar-refractivity contribution in [2.24, 2.45) is 0 Å². The number of hydrogen-bond donors (Lipinski definition) is 1. The van der Waals surface area contributed by atoms with Crippen LogP contribution >= 0.6 is 11.6 Å². The summed E-state index contributed by atoms with van der Waals surface area (Å²) in [5.74, 6) is 0.122. The fourth-order valence-corrected chi connectivity index (χ4v) is 1.89. The van der Waals surface area contributed by atoms with Crippen LogP contribution in [-0.2, 0) is 0 Å². The van der Waals surface area contributed by atoms with Crippen LogP contribution in [0, 0.1) is 0 Å². The van der Waals surface area contributed by atoms with Gasteiger partial charge in [0, 0.05) is 5.02 Å². The molecule has 0 saturated carbocycles. The summed E-state index contributed by atoms with van der Waals surface area (Å²) in [5, 5.41) is 10.4. The number of phenols is 1. The molecule has 0 amide bonds. The number of rotatable bonds is 4. The lowest BCUT2D eigenvalue weighted by atomic mass is 10.1. The Labute approximate surface area is 122 Å². The normalized spacial score (nSPS) is 10.7. The zero-order valence-corrected chi connectivity index (χ0v) is 11.6. The monoisotopic (exact) mass is 288 g/mol. The summed E-state index contributed by atoms with van der Waals surface area (Å²) in [6.07, 6.45) is 4.31. The number of phenolic OH excluding ortho intramolecular Hbond substituents is 1. The molecule has 20 heavy (non-hydrogen) atoms. The molecule has 102 valence electrons. The zero-order chi connectivity index (χ0) is 14.5. The van der Waals surface area contributed by atoms with E-state index in [2.05, 4.69) is 0 Å². The van der Waals surface area contributed by atoms with Crippen LogP contribution < -0.4 is 4.74 Å². The highest BCUT2D eigenvalue weighted by Gasteiger charge is 2.08. The van der Waals surface area contributed by atoms with Crippen molar-refractivity contribution in [3.8, 4) is 11.5 Å². The predicted octanol–water partition coefficient (Wildman–Crippen LogP) is 4.04. The quantitative estimate of drug-likeness (QED) is 0.682. The van der Waals surface area contributed by atoms with Gasteiger partial charge in [0.2, 0.25) is 0 Å². The lowest BCUT2D eigenvalue weighted by molar-refractivity contribution is 0.112. The first kappa shape index (κ1) is 14.2. The highest BCUT2D eigenvalue weighted by atomic mass is 35.5. The van der Waals surface area contributed by atoms with Crippen LogP contribution in [0.3, 0.4) is 0 Å². The van der Waals surface area contributed by atoms with Gasteiger partial charge in [0.1, 0.15) is 0 Å². The van der Waals surface area contributed by atoms with Gasteiger partial charge in [-0.05, 0) is 35.4 Å². The maximum atomic E-state index is 10.9. The molecule has 4 heteroatoms. The lowest BCUT2D eigenvalue weighted by Crippen LogP contribution is -1.90. The van der Waals surface area contributed by atoms with Crippen molar-refractivity contribution >= 4 is 30.0 Å². The molecule has 1 N–H and O–H groups in total. The Morgan fingerprint density at radius 1 is 1.10 bits per heavy atom. The first-order chi connectivity index (χ1) is 9.63. The maximum Gasteiger partial charge on any atom is 0.168 e. The minimum atomic E-state index is -0.147. The summed E-state index contributed by atoms with van der Waals surface area (Å²) in [4.78, 5) is 10.9. The van der Waals surface area contributed by atoms with E-state index in [4.69, 9.17) is 16.3 Å². The van der Waals surface area contributed by atoms with Crippen LogP contribution in [0.25, 0.3) is 12.2 Å². The van der Waals surface area contributed by atoms with Crippen LogP contribution in [0.2, 0.25) is 5.02 Å². The zero-order valence-electron chi connectivity index (χ0n) is 10.8. The van der Waals surface area contributed by atoms with Gasteiger partial charge in [0.25, 0.3) is 0 Å². The summed E-state index contributed by atoms with van der Waals surface area (Å²) in [6, 6.07) is 10.6. The molecule has 3 nitrogen and oxygen atoms in total. The van der Waals surface area contributed by atoms with E-state index < -0.39 is 0 Å². The number of methoxy groups -OCH3 is 1. The van der Waals surface area contributed by atoms with Crippen molar-refractivity contribution < 1.29 is 14.6 Å². The molecular weight excluding hydrogens is 276 g/mol. The Hall–Kier alpha value is -2.26. The molecular formula is C16H13ClO3. The Bertz CT molecular complexity index is 646. The van der Waals surface area contributed by atoms with E-state index in [9.17, 15) is 9.90 Å². The van der Waals surface area contributed by atoms with Gasteiger partial charge in [-0.15, -0.1) is 0 Å². The summed E-state index contributed by atoms with van der Waals surface area (Å²) < 4.78 is 5.04. The van der Waals surface area contributed by atoms with Gasteiger partial charge in [-0.25, -0.2) is 0 Å². The van der Waals surface area contributed by atoms with Gasteiger partial charge in [-0.1, -0.05) is 35.9 Å². The third-order valence-electron chi connectivity index (χ3n) is 2.81. The number of carbonyl (C=O) groups is 1. The molecule has 0 atom stereocenters. The Morgan fingerprint density at radius 3 is 2.35 bits per heavy atom. The van der Waals surface area contributed by atoms with E-state index in [1.807, 2.05) is 24.3 Å². The average molecular weight is 289 g/mol. The molecule has 0 aliphatic heterocycles. The van der Waals surface area contributed by atoms with Crippen molar-refractivity contribution in [2.45, 2.75) is 0 Å². The summed E-state index contributed by atoms with van der Waals surface area (Å²) in [7, 11) is 1.44. The number of hydrogen-bond acceptors (Lipinski definition) is 3. The summed E-state index contributed by atoms with van der Waals surface area (Å²) in [5.41, 5.74) is 1.94. The van der Waals surface area contributed by atoms with Gasteiger partial charge in [0.05, 0.1) is 12.7 Å². The summed E-state index contributed by atoms with van der Waals surface area (Å²) >= 11 is 5.82. The first-order valence-electron chi connectivity index (χ1n) is 5.94. The van der Waals surface area contributed by atoms with Crippen LogP contribution in [-0.4, -0.2) is 18.5 Å². The second-order valence-electron chi connectivity index (χ2n) is 4.16. The van der Waals surface area contributed by atoms with E-state index in [0.717, 1.165) is 11.1 Å². The number of ether oxygens (including phenoxy) is 1. The SMILES string of the molecule is COc1cc(/C=C/c2ccc(Cl)cc2)cc(C=O)c1O.